The molecule has 2 aromatic heterocycles. The Balaban J connectivity index is 2.02. The summed E-state index contributed by atoms with van der Waals surface area (Å²) in [7, 11) is 1.64. The van der Waals surface area contributed by atoms with Crippen molar-refractivity contribution >= 4 is 22.7 Å². The van der Waals surface area contributed by atoms with Crippen molar-refractivity contribution in [1.29, 1.82) is 0 Å². The van der Waals surface area contributed by atoms with Crippen molar-refractivity contribution in [1.82, 2.24) is 0 Å². The Hall–Kier alpha value is -0.840. The molecule has 0 radical (unpaired) electrons. The van der Waals surface area contributed by atoms with E-state index in [-0.39, 0.29) is 0 Å². The van der Waals surface area contributed by atoms with Gasteiger partial charge in [0.25, 0.3) is 0 Å². The van der Waals surface area contributed by atoms with E-state index >= 15 is 0 Å². The van der Waals surface area contributed by atoms with Gasteiger partial charge in [-0.3, -0.25) is 0 Å². The number of aliphatic hydroxyl groups is 1. The molecule has 1 N–H and O–H groups in total. The Labute approximate surface area is 110 Å². The molecule has 2 nitrogen and oxygen atoms in total. The summed E-state index contributed by atoms with van der Waals surface area (Å²) in [5.41, 5.74) is 0. The highest BCUT2D eigenvalue weighted by Crippen LogP contribution is 2.30. The van der Waals surface area contributed by atoms with E-state index in [1.54, 1.807) is 29.8 Å². The third-order valence-electron chi connectivity index (χ3n) is 2.62. The van der Waals surface area contributed by atoms with Crippen LogP contribution in [-0.2, 0) is 12.8 Å². The van der Waals surface area contributed by atoms with Crippen molar-refractivity contribution < 1.29 is 9.84 Å². The zero-order chi connectivity index (χ0) is 12.3. The van der Waals surface area contributed by atoms with Crippen LogP contribution in [0.1, 0.15) is 27.7 Å². The summed E-state index contributed by atoms with van der Waals surface area (Å²) in [4.78, 5) is 3.57. The lowest BCUT2D eigenvalue weighted by Gasteiger charge is -2.05. The molecule has 2 heterocycles. The van der Waals surface area contributed by atoms with Gasteiger partial charge in [0, 0.05) is 26.4 Å². The van der Waals surface area contributed by atoms with Crippen LogP contribution in [0, 0.1) is 0 Å². The van der Waals surface area contributed by atoms with E-state index in [2.05, 4.69) is 19.1 Å². The molecule has 0 aromatic carbocycles. The Morgan fingerprint density at radius 2 is 2.12 bits per heavy atom. The average molecular weight is 268 g/mol. The van der Waals surface area contributed by atoms with E-state index in [0.717, 1.165) is 17.0 Å². The maximum absolute atomic E-state index is 10.1. The van der Waals surface area contributed by atoms with E-state index in [1.165, 1.54) is 9.75 Å². The summed E-state index contributed by atoms with van der Waals surface area (Å²) in [6, 6.07) is 6.16. The second-order valence-electron chi connectivity index (χ2n) is 3.83. The van der Waals surface area contributed by atoms with E-state index in [4.69, 9.17) is 4.74 Å². The highest BCUT2D eigenvalue weighted by Gasteiger charge is 2.12. The predicted molar refractivity (Wildman–Crippen MR) is 73.2 cm³/mol. The van der Waals surface area contributed by atoms with Crippen LogP contribution >= 0.6 is 22.7 Å². The second kappa shape index (κ2) is 5.67. The number of rotatable bonds is 5. The van der Waals surface area contributed by atoms with Crippen LogP contribution < -0.4 is 4.74 Å². The molecule has 0 spiro atoms. The molecule has 1 unspecified atom stereocenters. The maximum Gasteiger partial charge on any atom is 0.129 e. The minimum atomic E-state index is -0.424. The van der Waals surface area contributed by atoms with Crippen LogP contribution in [0.15, 0.2) is 23.6 Å². The van der Waals surface area contributed by atoms with E-state index in [9.17, 15) is 5.11 Å². The summed E-state index contributed by atoms with van der Waals surface area (Å²) in [5, 5.41) is 12.0. The van der Waals surface area contributed by atoms with Gasteiger partial charge in [0.15, 0.2) is 0 Å². The van der Waals surface area contributed by atoms with Crippen molar-refractivity contribution in [2.75, 3.05) is 7.11 Å². The van der Waals surface area contributed by atoms with Gasteiger partial charge in [-0.15, -0.1) is 22.7 Å². The first-order valence-corrected chi connectivity index (χ1v) is 7.30. The molecule has 0 saturated heterocycles. The molecule has 0 aliphatic heterocycles. The summed E-state index contributed by atoms with van der Waals surface area (Å²) in [5.74, 6) is 0.824. The standard InChI is InChI=1S/C13H16O2S2/c1-3-10-4-5-11(17-10)7-12(14)13-6-9(15-2)8-16-13/h4-6,8,12,14H,3,7H2,1-2H3. The van der Waals surface area contributed by atoms with Gasteiger partial charge in [0.2, 0.25) is 0 Å². The molecule has 92 valence electrons. The van der Waals surface area contributed by atoms with Gasteiger partial charge in [-0.1, -0.05) is 6.92 Å². The zero-order valence-corrected chi connectivity index (χ0v) is 11.6. The average Bonchev–Trinajstić information content (AvgIpc) is 2.96. The normalized spacial score (nSPS) is 12.6. The highest BCUT2D eigenvalue weighted by molar-refractivity contribution is 7.12. The van der Waals surface area contributed by atoms with Gasteiger partial charge >= 0.3 is 0 Å². The largest absolute Gasteiger partial charge is 0.496 e. The number of methoxy groups -OCH3 is 1. The molecule has 0 bridgehead atoms. The molecule has 17 heavy (non-hydrogen) atoms. The number of aliphatic hydroxyl groups excluding tert-OH is 1. The number of aryl methyl sites for hydroxylation is 1. The third kappa shape index (κ3) is 3.09. The topological polar surface area (TPSA) is 29.5 Å². The number of ether oxygens (including phenoxy) is 1. The van der Waals surface area contributed by atoms with Crippen LogP contribution in [0.3, 0.4) is 0 Å². The smallest absolute Gasteiger partial charge is 0.129 e. The van der Waals surface area contributed by atoms with Crippen molar-refractivity contribution in [3.05, 3.63) is 38.2 Å². The summed E-state index contributed by atoms with van der Waals surface area (Å²) >= 11 is 3.33. The molecule has 1 atom stereocenters. The first-order chi connectivity index (χ1) is 8.22. The minimum absolute atomic E-state index is 0.424. The second-order valence-corrected chi connectivity index (χ2v) is 6.03. The van der Waals surface area contributed by atoms with Crippen molar-refractivity contribution in [2.24, 2.45) is 0 Å². The van der Waals surface area contributed by atoms with Crippen molar-refractivity contribution in [3.8, 4) is 5.75 Å². The SMILES string of the molecule is CCc1ccc(CC(O)c2cc(OC)cs2)s1. The lowest BCUT2D eigenvalue weighted by Crippen LogP contribution is -1.97. The Morgan fingerprint density at radius 3 is 2.71 bits per heavy atom. The quantitative estimate of drug-likeness (QED) is 0.896. The van der Waals surface area contributed by atoms with Gasteiger partial charge in [0.05, 0.1) is 13.2 Å². The first-order valence-electron chi connectivity index (χ1n) is 5.61. The molecule has 0 saturated carbocycles. The Morgan fingerprint density at radius 1 is 1.35 bits per heavy atom. The van der Waals surface area contributed by atoms with Crippen LogP contribution in [0.4, 0.5) is 0 Å². The molecule has 0 aliphatic carbocycles. The van der Waals surface area contributed by atoms with E-state index in [0.29, 0.717) is 6.42 Å². The molecule has 2 aromatic rings. The molecule has 0 aliphatic rings. The fraction of sp³-hybridized carbons (Fsp3) is 0.385. The summed E-state index contributed by atoms with van der Waals surface area (Å²) in [6.07, 6.45) is 1.33. The number of hydrogen-bond donors (Lipinski definition) is 1. The summed E-state index contributed by atoms with van der Waals surface area (Å²) < 4.78 is 5.12. The highest BCUT2D eigenvalue weighted by atomic mass is 32.1. The Bertz CT molecular complexity index is 473. The zero-order valence-electron chi connectivity index (χ0n) is 9.97. The van der Waals surface area contributed by atoms with Gasteiger partial charge in [-0.05, 0) is 24.6 Å². The van der Waals surface area contributed by atoms with Crippen molar-refractivity contribution in [2.45, 2.75) is 25.9 Å². The molecule has 2 rings (SSSR count). The lowest BCUT2D eigenvalue weighted by molar-refractivity contribution is 0.183. The molecule has 4 heteroatoms. The van der Waals surface area contributed by atoms with Gasteiger partial charge in [-0.25, -0.2) is 0 Å². The monoisotopic (exact) mass is 268 g/mol. The molecule has 0 amide bonds. The minimum Gasteiger partial charge on any atom is -0.496 e. The van der Waals surface area contributed by atoms with Crippen molar-refractivity contribution in [3.63, 3.8) is 0 Å². The predicted octanol–water partition coefficient (Wildman–Crippen LogP) is 3.66. The van der Waals surface area contributed by atoms with Crippen LogP contribution in [0.5, 0.6) is 5.75 Å². The van der Waals surface area contributed by atoms with Gasteiger partial charge in [-0.2, -0.15) is 0 Å². The fourth-order valence-corrected chi connectivity index (χ4v) is 3.46. The maximum atomic E-state index is 10.1. The van der Waals surface area contributed by atoms with E-state index in [1.807, 2.05) is 11.4 Å². The third-order valence-corrected chi connectivity index (χ3v) is 4.88. The van der Waals surface area contributed by atoms with Crippen LogP contribution in [0.25, 0.3) is 0 Å². The number of thiophene rings is 2. The fourth-order valence-electron chi connectivity index (χ4n) is 1.63. The van der Waals surface area contributed by atoms with E-state index < -0.39 is 6.10 Å². The molecular weight excluding hydrogens is 252 g/mol. The Kier molecular flexibility index (Phi) is 4.20. The van der Waals surface area contributed by atoms with Gasteiger partial charge in [0.1, 0.15) is 5.75 Å². The van der Waals surface area contributed by atoms with Gasteiger partial charge < -0.3 is 9.84 Å². The molecule has 0 fully saturated rings. The molecular formula is C13H16O2S2. The van der Waals surface area contributed by atoms with Crippen LogP contribution in [-0.4, -0.2) is 12.2 Å². The lowest BCUT2D eigenvalue weighted by atomic mass is 10.2. The number of hydrogen-bond acceptors (Lipinski definition) is 4. The summed E-state index contributed by atoms with van der Waals surface area (Å²) in [6.45, 7) is 2.15. The van der Waals surface area contributed by atoms with Crippen LogP contribution in [0.2, 0.25) is 0 Å². The first kappa shape index (κ1) is 12.6.